The molecule has 0 aromatic heterocycles. The normalized spacial score (nSPS) is 15.5. The molecular formula is C15H24. The van der Waals surface area contributed by atoms with Crippen LogP contribution in [0.5, 0.6) is 0 Å². The van der Waals surface area contributed by atoms with Gasteiger partial charge in [0, 0.05) is 0 Å². The maximum atomic E-state index is 2.30. The third-order valence-corrected chi connectivity index (χ3v) is 2.83. The second kappa shape index (κ2) is 4.83. The highest BCUT2D eigenvalue weighted by Gasteiger charge is 2.23. The fraction of sp³-hybridized carbons (Fsp3) is 0.600. The highest BCUT2D eigenvalue weighted by molar-refractivity contribution is 5.31. The van der Waals surface area contributed by atoms with E-state index < -0.39 is 0 Å². The second-order valence-electron chi connectivity index (χ2n) is 5.15. The van der Waals surface area contributed by atoms with E-state index >= 15 is 0 Å². The van der Waals surface area contributed by atoms with Crippen molar-refractivity contribution in [3.8, 4) is 0 Å². The third kappa shape index (κ3) is 3.37. The molecule has 0 radical (unpaired) electrons. The van der Waals surface area contributed by atoms with Gasteiger partial charge in [-0.3, -0.25) is 0 Å². The van der Waals surface area contributed by atoms with Crippen LogP contribution in [-0.4, -0.2) is 0 Å². The molecular weight excluding hydrogens is 180 g/mol. The molecule has 0 spiro atoms. The van der Waals surface area contributed by atoms with Crippen molar-refractivity contribution >= 4 is 0 Å². The van der Waals surface area contributed by atoms with Gasteiger partial charge in [0.05, 0.1) is 0 Å². The first-order chi connectivity index (χ1) is 7.07. The van der Waals surface area contributed by atoms with Gasteiger partial charge in [-0.25, -0.2) is 0 Å². The molecule has 1 aliphatic rings. The summed E-state index contributed by atoms with van der Waals surface area (Å²) in [5, 5.41) is 0. The van der Waals surface area contributed by atoms with Gasteiger partial charge >= 0.3 is 0 Å². The SMILES string of the molecule is CC.CC(C)(C)c1ccc(C2CC2)cc1. The van der Waals surface area contributed by atoms with Crippen LogP contribution < -0.4 is 0 Å². The van der Waals surface area contributed by atoms with Crippen molar-refractivity contribution in [1.29, 1.82) is 0 Å². The molecule has 0 heteroatoms. The minimum absolute atomic E-state index is 0.294. The Morgan fingerprint density at radius 2 is 1.40 bits per heavy atom. The van der Waals surface area contributed by atoms with Crippen LogP contribution in [0.15, 0.2) is 24.3 Å². The van der Waals surface area contributed by atoms with Crippen molar-refractivity contribution in [1.82, 2.24) is 0 Å². The summed E-state index contributed by atoms with van der Waals surface area (Å²) in [6, 6.07) is 9.18. The molecule has 0 atom stereocenters. The molecule has 0 aliphatic heterocycles. The summed E-state index contributed by atoms with van der Waals surface area (Å²) in [7, 11) is 0. The van der Waals surface area contributed by atoms with Crippen LogP contribution >= 0.6 is 0 Å². The van der Waals surface area contributed by atoms with E-state index in [9.17, 15) is 0 Å². The molecule has 0 N–H and O–H groups in total. The van der Waals surface area contributed by atoms with Crippen molar-refractivity contribution in [2.24, 2.45) is 0 Å². The maximum Gasteiger partial charge on any atom is -0.0132 e. The standard InChI is InChI=1S/C13H18.C2H6/c1-13(2,3)12-8-6-11(7-9-12)10-4-5-10;1-2/h6-10H,4-5H2,1-3H3;1-2H3. The van der Waals surface area contributed by atoms with Crippen LogP contribution in [0.4, 0.5) is 0 Å². The van der Waals surface area contributed by atoms with Gasteiger partial charge in [-0.15, -0.1) is 0 Å². The first-order valence-corrected chi connectivity index (χ1v) is 6.18. The Bertz CT molecular complexity index is 283. The summed E-state index contributed by atoms with van der Waals surface area (Å²) >= 11 is 0. The average Bonchev–Trinajstić information content (AvgIpc) is 3.03. The van der Waals surface area contributed by atoms with Crippen molar-refractivity contribution in [3.63, 3.8) is 0 Å². The van der Waals surface area contributed by atoms with E-state index in [-0.39, 0.29) is 0 Å². The number of hydrogen-bond donors (Lipinski definition) is 0. The summed E-state index contributed by atoms with van der Waals surface area (Å²) < 4.78 is 0. The topological polar surface area (TPSA) is 0 Å². The zero-order valence-electron chi connectivity index (χ0n) is 10.8. The highest BCUT2D eigenvalue weighted by Crippen LogP contribution is 2.40. The van der Waals surface area contributed by atoms with E-state index in [2.05, 4.69) is 45.0 Å². The van der Waals surface area contributed by atoms with Crippen molar-refractivity contribution in [2.75, 3.05) is 0 Å². The monoisotopic (exact) mass is 204 g/mol. The second-order valence-corrected chi connectivity index (χ2v) is 5.15. The smallest absolute Gasteiger partial charge is 0.0132 e. The minimum Gasteiger partial charge on any atom is -0.0683 e. The predicted octanol–water partition coefficient (Wildman–Crippen LogP) is 4.89. The van der Waals surface area contributed by atoms with E-state index in [0.717, 1.165) is 5.92 Å². The molecule has 0 bridgehead atoms. The lowest BCUT2D eigenvalue weighted by atomic mass is 9.86. The first-order valence-electron chi connectivity index (χ1n) is 6.18. The molecule has 0 saturated heterocycles. The molecule has 15 heavy (non-hydrogen) atoms. The fourth-order valence-electron chi connectivity index (χ4n) is 1.67. The van der Waals surface area contributed by atoms with Crippen molar-refractivity contribution in [2.45, 2.75) is 58.8 Å². The van der Waals surface area contributed by atoms with Crippen molar-refractivity contribution in [3.05, 3.63) is 35.4 Å². The Balaban J connectivity index is 0.000000531. The van der Waals surface area contributed by atoms with Crippen LogP contribution in [0, 0.1) is 0 Å². The van der Waals surface area contributed by atoms with Gasteiger partial charge < -0.3 is 0 Å². The lowest BCUT2D eigenvalue weighted by molar-refractivity contribution is 0.590. The van der Waals surface area contributed by atoms with E-state index in [1.807, 2.05) is 13.8 Å². The predicted molar refractivity (Wildman–Crippen MR) is 68.5 cm³/mol. The zero-order valence-corrected chi connectivity index (χ0v) is 10.8. The van der Waals surface area contributed by atoms with Gasteiger partial charge in [0.2, 0.25) is 0 Å². The Labute approximate surface area is 94.7 Å². The quantitative estimate of drug-likeness (QED) is 0.611. The van der Waals surface area contributed by atoms with Gasteiger partial charge in [0.15, 0.2) is 0 Å². The molecule has 1 fully saturated rings. The summed E-state index contributed by atoms with van der Waals surface area (Å²) in [4.78, 5) is 0. The molecule has 0 heterocycles. The molecule has 0 nitrogen and oxygen atoms in total. The van der Waals surface area contributed by atoms with Crippen LogP contribution in [0.3, 0.4) is 0 Å². The number of rotatable bonds is 1. The van der Waals surface area contributed by atoms with Gasteiger partial charge in [-0.05, 0) is 35.3 Å². The largest absolute Gasteiger partial charge is 0.0683 e. The molecule has 0 unspecified atom stereocenters. The van der Waals surface area contributed by atoms with E-state index in [1.165, 1.54) is 24.0 Å². The lowest BCUT2D eigenvalue weighted by Crippen LogP contribution is -2.10. The van der Waals surface area contributed by atoms with Crippen LogP contribution in [-0.2, 0) is 5.41 Å². The lowest BCUT2D eigenvalue weighted by Gasteiger charge is -2.19. The Morgan fingerprint density at radius 3 is 1.73 bits per heavy atom. The Hall–Kier alpha value is -0.780. The van der Waals surface area contributed by atoms with Gasteiger partial charge in [-0.1, -0.05) is 58.9 Å². The highest BCUT2D eigenvalue weighted by atomic mass is 14.3. The molecule has 1 saturated carbocycles. The molecule has 84 valence electrons. The van der Waals surface area contributed by atoms with Gasteiger partial charge in [-0.2, -0.15) is 0 Å². The molecule has 2 rings (SSSR count). The first kappa shape index (κ1) is 12.3. The van der Waals surface area contributed by atoms with E-state index in [1.54, 1.807) is 0 Å². The summed E-state index contributed by atoms with van der Waals surface area (Å²) in [6.45, 7) is 10.8. The van der Waals surface area contributed by atoms with E-state index in [4.69, 9.17) is 0 Å². The van der Waals surface area contributed by atoms with Crippen molar-refractivity contribution < 1.29 is 0 Å². The molecule has 1 aromatic rings. The fourth-order valence-corrected chi connectivity index (χ4v) is 1.67. The third-order valence-electron chi connectivity index (χ3n) is 2.83. The maximum absolute atomic E-state index is 2.30. The van der Waals surface area contributed by atoms with Crippen LogP contribution in [0.1, 0.15) is 64.5 Å². The van der Waals surface area contributed by atoms with Crippen LogP contribution in [0.2, 0.25) is 0 Å². The molecule has 1 aromatic carbocycles. The minimum atomic E-state index is 0.294. The number of hydrogen-bond acceptors (Lipinski definition) is 0. The molecule has 0 amide bonds. The van der Waals surface area contributed by atoms with Crippen LogP contribution in [0.25, 0.3) is 0 Å². The van der Waals surface area contributed by atoms with Gasteiger partial charge in [0.1, 0.15) is 0 Å². The Kier molecular flexibility index (Phi) is 3.96. The average molecular weight is 204 g/mol. The summed E-state index contributed by atoms with van der Waals surface area (Å²) in [5.41, 5.74) is 3.27. The molecule has 1 aliphatic carbocycles. The zero-order chi connectivity index (χ0) is 11.5. The summed E-state index contributed by atoms with van der Waals surface area (Å²) in [5.74, 6) is 0.883. The number of benzene rings is 1. The summed E-state index contributed by atoms with van der Waals surface area (Å²) in [6.07, 6.45) is 2.80. The van der Waals surface area contributed by atoms with Gasteiger partial charge in [0.25, 0.3) is 0 Å². The van der Waals surface area contributed by atoms with E-state index in [0.29, 0.717) is 5.41 Å². The Morgan fingerprint density at radius 1 is 0.933 bits per heavy atom.